The van der Waals surface area contributed by atoms with Crippen molar-refractivity contribution in [3.05, 3.63) is 23.7 Å². The van der Waals surface area contributed by atoms with Gasteiger partial charge < -0.3 is 33.7 Å². The summed E-state index contributed by atoms with van der Waals surface area (Å²) in [6, 6.07) is 0. The number of carbonyl (C=O) groups excluding carboxylic acids is 2. The van der Waals surface area contributed by atoms with E-state index in [0.717, 1.165) is 18.7 Å². The summed E-state index contributed by atoms with van der Waals surface area (Å²) >= 11 is 0. The third-order valence-corrected chi connectivity index (χ3v) is 8.38. The van der Waals surface area contributed by atoms with Crippen molar-refractivity contribution in [3.63, 3.8) is 0 Å². The van der Waals surface area contributed by atoms with Gasteiger partial charge in [0.2, 0.25) is 0 Å². The molecule has 3 aliphatic heterocycles. The van der Waals surface area contributed by atoms with Crippen molar-refractivity contribution < 1.29 is 33.5 Å². The zero-order valence-corrected chi connectivity index (χ0v) is 24.4. The second kappa shape index (κ2) is 12.5. The van der Waals surface area contributed by atoms with Crippen LogP contribution in [0.25, 0.3) is 0 Å². The second-order valence-electron chi connectivity index (χ2n) is 12.2. The van der Waals surface area contributed by atoms with Gasteiger partial charge in [-0.15, -0.1) is 0 Å². The zero-order valence-electron chi connectivity index (χ0n) is 24.4. The summed E-state index contributed by atoms with van der Waals surface area (Å²) in [4.78, 5) is 29.6. The zero-order chi connectivity index (χ0) is 28.3. The number of rotatable bonds is 3. The van der Waals surface area contributed by atoms with Gasteiger partial charge in [-0.1, -0.05) is 25.9 Å². The van der Waals surface area contributed by atoms with Crippen LogP contribution < -0.4 is 0 Å². The maximum Gasteiger partial charge on any atom is 0.487 e. The van der Waals surface area contributed by atoms with E-state index in [-0.39, 0.29) is 24.3 Å². The number of esters is 1. The van der Waals surface area contributed by atoms with E-state index in [9.17, 15) is 14.7 Å². The average molecular weight is 535 g/mol. The molecular formula is C28H47BN2O7. The van der Waals surface area contributed by atoms with Crippen molar-refractivity contribution in [2.75, 3.05) is 33.2 Å². The van der Waals surface area contributed by atoms with Crippen molar-refractivity contribution in [3.8, 4) is 0 Å². The van der Waals surface area contributed by atoms with Gasteiger partial charge in [0.25, 0.3) is 0 Å². The van der Waals surface area contributed by atoms with E-state index < -0.39 is 42.6 Å². The number of cyclic esters (lactones) is 1. The maximum absolute atomic E-state index is 12.9. The van der Waals surface area contributed by atoms with Crippen LogP contribution in [0.5, 0.6) is 0 Å². The van der Waals surface area contributed by atoms with Gasteiger partial charge in [-0.3, -0.25) is 4.79 Å². The van der Waals surface area contributed by atoms with Gasteiger partial charge in [-0.25, -0.2) is 4.79 Å². The van der Waals surface area contributed by atoms with Gasteiger partial charge in [0, 0.05) is 32.1 Å². The summed E-state index contributed by atoms with van der Waals surface area (Å²) < 4.78 is 24.1. The lowest BCUT2D eigenvalue weighted by atomic mass is 9.83. The van der Waals surface area contributed by atoms with Crippen LogP contribution in [0.2, 0.25) is 0 Å². The molecule has 2 saturated heterocycles. The Hall–Kier alpha value is -1.88. The molecule has 1 amide bonds. The molecule has 5 atom stereocenters. The normalized spacial score (nSPS) is 34.2. The highest BCUT2D eigenvalue weighted by molar-refractivity contribution is 6.51. The molecular weight excluding hydrogens is 487 g/mol. The van der Waals surface area contributed by atoms with E-state index in [4.69, 9.17) is 18.8 Å². The van der Waals surface area contributed by atoms with E-state index in [0.29, 0.717) is 25.9 Å². The molecule has 2 fully saturated rings. The van der Waals surface area contributed by atoms with Crippen molar-refractivity contribution in [2.24, 2.45) is 11.8 Å². The molecule has 9 nitrogen and oxygen atoms in total. The number of piperazine rings is 1. The SMILES string of the molecule is C/C(=C\B1OC(C)(C)C(C)(C)O1)[C@H]1OC(=O)C[C@H](O)CC[C@H](C)[C@@H](OC(=O)N2CCN(C)CC2)/C=C\[C@@H]1C. The summed E-state index contributed by atoms with van der Waals surface area (Å²) in [5.74, 6) is 1.16. The van der Waals surface area contributed by atoms with Crippen LogP contribution in [-0.4, -0.2) is 96.8 Å². The molecule has 0 aromatic rings. The molecule has 0 spiro atoms. The number of hydrogen-bond donors (Lipinski definition) is 1. The van der Waals surface area contributed by atoms with Gasteiger partial charge in [0.1, 0.15) is 12.2 Å². The maximum atomic E-state index is 12.9. The number of ether oxygens (including phenoxy) is 2. The fraction of sp³-hybridized carbons (Fsp3) is 0.786. The first kappa shape index (κ1) is 30.7. The van der Waals surface area contributed by atoms with Crippen LogP contribution in [0.3, 0.4) is 0 Å². The minimum absolute atomic E-state index is 0.0280. The molecule has 38 heavy (non-hydrogen) atoms. The fourth-order valence-electron chi connectivity index (χ4n) is 4.90. The van der Waals surface area contributed by atoms with Gasteiger partial charge in [-0.05, 0) is 72.1 Å². The molecule has 10 heteroatoms. The standard InChI is InChI=1S/C28H47BN2O7/c1-19-9-11-22(32)17-24(33)36-25(21(3)18-29-37-27(4,5)28(6,7)38-29)20(2)10-12-23(19)35-26(34)31-15-13-30(8)14-16-31/h10,12,18-20,22-23,25,32H,9,11,13-17H2,1-8H3/b12-10-,21-18+/t19-,20-,22+,23-,25-/m0/s1. The van der Waals surface area contributed by atoms with Crippen molar-refractivity contribution >= 4 is 19.2 Å². The Morgan fingerprint density at radius 1 is 1.08 bits per heavy atom. The molecule has 0 aromatic carbocycles. The molecule has 1 N–H and O–H groups in total. The van der Waals surface area contributed by atoms with Gasteiger partial charge in [0.15, 0.2) is 0 Å². The topological polar surface area (TPSA) is 97.8 Å². The smallest absolute Gasteiger partial charge is 0.457 e. The van der Waals surface area contributed by atoms with E-state index in [1.807, 2.05) is 73.6 Å². The molecule has 3 heterocycles. The highest BCUT2D eigenvalue weighted by atomic mass is 16.7. The van der Waals surface area contributed by atoms with Crippen molar-refractivity contribution in [1.82, 2.24) is 9.80 Å². The van der Waals surface area contributed by atoms with Crippen LogP contribution in [-0.2, 0) is 23.6 Å². The third kappa shape index (κ3) is 7.84. The number of nitrogens with zero attached hydrogens (tertiary/aromatic N) is 2. The second-order valence-corrected chi connectivity index (χ2v) is 12.2. The monoisotopic (exact) mass is 534 g/mol. The minimum Gasteiger partial charge on any atom is -0.457 e. The van der Waals surface area contributed by atoms with Crippen LogP contribution >= 0.6 is 0 Å². The molecule has 0 radical (unpaired) electrons. The summed E-state index contributed by atoms with van der Waals surface area (Å²) in [6.45, 7) is 16.7. The van der Waals surface area contributed by atoms with E-state index in [1.54, 1.807) is 4.90 Å². The highest BCUT2D eigenvalue weighted by Crippen LogP contribution is 2.37. The largest absolute Gasteiger partial charge is 0.487 e. The first-order chi connectivity index (χ1) is 17.7. The summed E-state index contributed by atoms with van der Waals surface area (Å²) in [5, 5.41) is 10.5. The predicted octanol–water partition coefficient (Wildman–Crippen LogP) is 3.60. The molecule has 0 saturated carbocycles. The van der Waals surface area contributed by atoms with Gasteiger partial charge in [0.05, 0.1) is 23.7 Å². The Morgan fingerprint density at radius 3 is 2.29 bits per heavy atom. The number of amides is 1. The fourth-order valence-corrected chi connectivity index (χ4v) is 4.90. The van der Waals surface area contributed by atoms with E-state index in [2.05, 4.69) is 4.90 Å². The number of aliphatic hydroxyl groups excluding tert-OH is 1. The van der Waals surface area contributed by atoms with Crippen LogP contribution in [0, 0.1) is 11.8 Å². The van der Waals surface area contributed by atoms with Gasteiger partial charge >= 0.3 is 19.2 Å². The van der Waals surface area contributed by atoms with E-state index in [1.165, 1.54) is 0 Å². The van der Waals surface area contributed by atoms with Gasteiger partial charge in [-0.2, -0.15) is 0 Å². The summed E-state index contributed by atoms with van der Waals surface area (Å²) in [7, 11) is 1.47. The Labute approximate surface area is 228 Å². The Morgan fingerprint density at radius 2 is 1.68 bits per heavy atom. The lowest BCUT2D eigenvalue weighted by molar-refractivity contribution is -0.151. The Kier molecular flexibility index (Phi) is 10.1. The van der Waals surface area contributed by atoms with Crippen LogP contribution in [0.1, 0.15) is 67.7 Å². The number of hydrogen-bond acceptors (Lipinski definition) is 8. The molecule has 0 unspecified atom stereocenters. The Bertz CT molecular complexity index is 882. The lowest BCUT2D eigenvalue weighted by Gasteiger charge is -2.33. The predicted molar refractivity (Wildman–Crippen MR) is 146 cm³/mol. The molecule has 214 valence electrons. The van der Waals surface area contributed by atoms with E-state index >= 15 is 0 Å². The molecule has 0 aromatic heterocycles. The third-order valence-electron chi connectivity index (χ3n) is 8.38. The van der Waals surface area contributed by atoms with Crippen LogP contribution in [0.15, 0.2) is 23.7 Å². The number of carbonyl (C=O) groups is 2. The molecule has 3 aliphatic rings. The quantitative estimate of drug-likeness (QED) is 0.333. The molecule has 0 bridgehead atoms. The van der Waals surface area contributed by atoms with Crippen molar-refractivity contribution in [2.45, 2.75) is 97.2 Å². The molecule has 3 rings (SSSR count). The first-order valence-electron chi connectivity index (χ1n) is 13.9. The highest BCUT2D eigenvalue weighted by Gasteiger charge is 2.50. The molecule has 0 aliphatic carbocycles. The number of likely N-dealkylation sites (N-methyl/N-ethyl adjacent to an activating group) is 1. The summed E-state index contributed by atoms with van der Waals surface area (Å²) in [5.41, 5.74) is -0.172. The number of aliphatic hydroxyl groups is 1. The van der Waals surface area contributed by atoms with Crippen molar-refractivity contribution in [1.29, 1.82) is 0 Å². The van der Waals surface area contributed by atoms with Crippen LogP contribution in [0.4, 0.5) is 4.79 Å². The average Bonchev–Trinajstić information content (AvgIpc) is 3.03. The summed E-state index contributed by atoms with van der Waals surface area (Å²) in [6.07, 6.45) is 2.60. The Balaban J connectivity index is 1.80. The minimum atomic E-state index is -0.828. The lowest BCUT2D eigenvalue weighted by Crippen LogP contribution is -2.48. The first-order valence-corrected chi connectivity index (χ1v) is 13.9.